The molecule has 0 amide bonds. The van der Waals surface area contributed by atoms with Gasteiger partial charge in [-0.25, -0.2) is 0 Å². The molecule has 184 valence electrons. The first-order valence-corrected chi connectivity index (χ1v) is 12.5. The predicted octanol–water partition coefficient (Wildman–Crippen LogP) is 4.26. The summed E-state index contributed by atoms with van der Waals surface area (Å²) in [5.74, 6) is -0.215. The highest BCUT2D eigenvalue weighted by Gasteiger charge is 2.45. The van der Waals surface area contributed by atoms with Crippen LogP contribution in [-0.2, 0) is 19.1 Å². The second-order valence-electron chi connectivity index (χ2n) is 10.1. The monoisotopic (exact) mass is 460 g/mol. The summed E-state index contributed by atoms with van der Waals surface area (Å²) < 4.78 is 11.7. The fourth-order valence-electron chi connectivity index (χ4n) is 5.95. The van der Waals surface area contributed by atoms with E-state index >= 15 is 0 Å². The Bertz CT molecular complexity index is 779. The third kappa shape index (κ3) is 5.78. The fourth-order valence-corrected chi connectivity index (χ4v) is 5.95. The zero-order chi connectivity index (χ0) is 24.2. The van der Waals surface area contributed by atoms with E-state index in [1.165, 1.54) is 0 Å². The molecule has 2 N–H and O–H groups in total. The lowest BCUT2D eigenvalue weighted by atomic mass is 9.66. The molecule has 3 aliphatic rings. The second kappa shape index (κ2) is 11.0. The van der Waals surface area contributed by atoms with E-state index in [4.69, 9.17) is 9.47 Å². The Hall–Kier alpha value is -1.92. The summed E-state index contributed by atoms with van der Waals surface area (Å²) in [6.07, 6.45) is 10.1. The van der Waals surface area contributed by atoms with Gasteiger partial charge in [-0.1, -0.05) is 45.1 Å². The maximum Gasteiger partial charge on any atom is 0.312 e. The first-order valence-electron chi connectivity index (χ1n) is 12.5. The van der Waals surface area contributed by atoms with Gasteiger partial charge in [0.2, 0.25) is 0 Å². The van der Waals surface area contributed by atoms with Crippen molar-refractivity contribution in [3.8, 4) is 0 Å². The van der Waals surface area contributed by atoms with Crippen molar-refractivity contribution in [1.82, 2.24) is 0 Å². The van der Waals surface area contributed by atoms with Gasteiger partial charge in [-0.15, -0.1) is 6.58 Å². The van der Waals surface area contributed by atoms with Crippen molar-refractivity contribution in [3.05, 3.63) is 36.5 Å². The summed E-state index contributed by atoms with van der Waals surface area (Å²) in [5.41, 5.74) is 0.421. The van der Waals surface area contributed by atoms with Crippen molar-refractivity contribution in [3.63, 3.8) is 0 Å². The van der Waals surface area contributed by atoms with Gasteiger partial charge in [0.05, 0.1) is 24.0 Å². The van der Waals surface area contributed by atoms with E-state index in [1.54, 1.807) is 6.08 Å². The highest BCUT2D eigenvalue weighted by Crippen LogP contribution is 2.45. The Morgan fingerprint density at radius 3 is 2.70 bits per heavy atom. The summed E-state index contributed by atoms with van der Waals surface area (Å²) in [7, 11) is 0. The van der Waals surface area contributed by atoms with Crippen LogP contribution in [0.3, 0.4) is 0 Å². The van der Waals surface area contributed by atoms with Crippen molar-refractivity contribution in [2.24, 2.45) is 23.2 Å². The lowest BCUT2D eigenvalue weighted by Crippen LogP contribution is -2.45. The first kappa shape index (κ1) is 25.7. The van der Waals surface area contributed by atoms with Crippen LogP contribution in [0, 0.1) is 23.2 Å². The molecule has 0 radical (unpaired) electrons. The maximum absolute atomic E-state index is 13.4. The van der Waals surface area contributed by atoms with Crippen molar-refractivity contribution >= 4 is 11.9 Å². The van der Waals surface area contributed by atoms with Crippen LogP contribution >= 0.6 is 0 Å². The van der Waals surface area contributed by atoms with Gasteiger partial charge < -0.3 is 19.7 Å². The normalized spacial score (nSPS) is 32.9. The molecule has 0 aromatic rings. The van der Waals surface area contributed by atoms with Crippen molar-refractivity contribution < 1.29 is 29.3 Å². The van der Waals surface area contributed by atoms with E-state index in [0.717, 1.165) is 12.0 Å². The minimum Gasteiger partial charge on any atom is -0.462 e. The molecule has 2 aliphatic carbocycles. The lowest BCUT2D eigenvalue weighted by Gasteiger charge is -2.44. The summed E-state index contributed by atoms with van der Waals surface area (Å²) in [4.78, 5) is 25.1. The van der Waals surface area contributed by atoms with Gasteiger partial charge in [-0.3, -0.25) is 9.59 Å². The minimum atomic E-state index is -0.653. The van der Waals surface area contributed by atoms with Crippen LogP contribution in [0.5, 0.6) is 0 Å². The number of rotatable bonds is 9. The van der Waals surface area contributed by atoms with Gasteiger partial charge in [0.15, 0.2) is 0 Å². The molecule has 0 spiro atoms. The molecule has 1 fully saturated rings. The number of hydrogen-bond acceptors (Lipinski definition) is 6. The average molecular weight is 461 g/mol. The molecule has 3 rings (SSSR count). The highest BCUT2D eigenvalue weighted by atomic mass is 16.6. The molecule has 6 heteroatoms. The molecule has 0 aromatic heterocycles. The van der Waals surface area contributed by atoms with Crippen LogP contribution in [0.4, 0.5) is 0 Å². The molecule has 0 saturated carbocycles. The zero-order valence-electron chi connectivity index (χ0n) is 20.2. The van der Waals surface area contributed by atoms with Gasteiger partial charge in [-0.2, -0.15) is 0 Å². The summed E-state index contributed by atoms with van der Waals surface area (Å²) in [6, 6.07) is 0. The van der Waals surface area contributed by atoms with Crippen LogP contribution in [0.15, 0.2) is 36.5 Å². The van der Waals surface area contributed by atoms with Gasteiger partial charge in [0.25, 0.3) is 0 Å². The third-order valence-corrected chi connectivity index (χ3v) is 8.00. The standard InChI is InChI=1S/C27H40O6/c1-5-11-27(6-2,7-3)26(31)33-23-15-19(28)13-18-9-8-10-22(25(18)23)17(4)12-21-14-20(29)16-24(30)32-21/h5,8-9,13,17,19-23,25,28-29H,1,6-7,10-12,14-16H2,2-4H3/t17-,19+,20+,21+,22-,23-,25-/m0/s1. The summed E-state index contributed by atoms with van der Waals surface area (Å²) in [5, 5.41) is 20.5. The molecule has 1 aliphatic heterocycles. The van der Waals surface area contributed by atoms with Crippen LogP contribution in [0.25, 0.3) is 0 Å². The van der Waals surface area contributed by atoms with Gasteiger partial charge in [-0.05, 0) is 49.5 Å². The number of carbonyl (C=O) groups excluding carboxylic acids is 2. The van der Waals surface area contributed by atoms with E-state index in [2.05, 4.69) is 19.6 Å². The second-order valence-corrected chi connectivity index (χ2v) is 10.1. The van der Waals surface area contributed by atoms with Crippen molar-refractivity contribution in [2.45, 2.75) is 96.6 Å². The Morgan fingerprint density at radius 1 is 1.33 bits per heavy atom. The van der Waals surface area contributed by atoms with Crippen LogP contribution < -0.4 is 0 Å². The average Bonchev–Trinajstić information content (AvgIpc) is 2.76. The molecular weight excluding hydrogens is 420 g/mol. The first-order chi connectivity index (χ1) is 15.7. The van der Waals surface area contributed by atoms with Gasteiger partial charge in [0, 0.05) is 18.8 Å². The van der Waals surface area contributed by atoms with Crippen molar-refractivity contribution in [2.75, 3.05) is 0 Å². The number of aliphatic hydroxyl groups is 2. The number of allylic oxidation sites excluding steroid dienone is 3. The lowest BCUT2D eigenvalue weighted by molar-refractivity contribution is -0.169. The molecule has 7 atom stereocenters. The van der Waals surface area contributed by atoms with Crippen LogP contribution in [-0.4, -0.2) is 46.6 Å². The molecular formula is C27H40O6. The van der Waals surface area contributed by atoms with Gasteiger partial charge >= 0.3 is 11.9 Å². The minimum absolute atomic E-state index is 0.0169. The Labute approximate surface area is 197 Å². The predicted molar refractivity (Wildman–Crippen MR) is 126 cm³/mol. The molecule has 6 nitrogen and oxygen atoms in total. The zero-order valence-corrected chi connectivity index (χ0v) is 20.2. The topological polar surface area (TPSA) is 93.1 Å². The number of cyclic esters (lactones) is 1. The fraction of sp³-hybridized carbons (Fsp3) is 0.704. The maximum atomic E-state index is 13.4. The quantitative estimate of drug-likeness (QED) is 0.395. The SMILES string of the molecule is C=CCC(CC)(CC)C(=O)O[C@H]1C[C@H](O)C=C2C=CC[C@@H]([C@@H](C)C[C@@H]3C[C@@H](O)CC(=O)O3)[C@H]21. The van der Waals surface area contributed by atoms with Crippen LogP contribution in [0.1, 0.15) is 72.1 Å². The molecule has 0 bridgehead atoms. The van der Waals surface area contributed by atoms with E-state index in [1.807, 2.05) is 26.0 Å². The summed E-state index contributed by atoms with van der Waals surface area (Å²) in [6.45, 7) is 9.98. The Balaban J connectivity index is 1.80. The number of carbonyl (C=O) groups is 2. The molecule has 33 heavy (non-hydrogen) atoms. The number of aliphatic hydroxyl groups excluding tert-OH is 2. The van der Waals surface area contributed by atoms with E-state index < -0.39 is 23.7 Å². The summed E-state index contributed by atoms with van der Waals surface area (Å²) >= 11 is 0. The Kier molecular flexibility index (Phi) is 8.57. The Morgan fingerprint density at radius 2 is 2.06 bits per heavy atom. The van der Waals surface area contributed by atoms with E-state index in [-0.39, 0.29) is 42.2 Å². The number of fused-ring (bicyclic) bond motifs is 1. The highest BCUT2D eigenvalue weighted by molar-refractivity contribution is 5.77. The molecule has 0 aromatic carbocycles. The van der Waals surface area contributed by atoms with Crippen LogP contribution in [0.2, 0.25) is 0 Å². The third-order valence-electron chi connectivity index (χ3n) is 8.00. The largest absolute Gasteiger partial charge is 0.462 e. The van der Waals surface area contributed by atoms with Crippen molar-refractivity contribution in [1.29, 1.82) is 0 Å². The number of hydrogen-bond donors (Lipinski definition) is 2. The smallest absolute Gasteiger partial charge is 0.312 e. The number of esters is 2. The molecule has 1 saturated heterocycles. The van der Waals surface area contributed by atoms with E-state index in [0.29, 0.717) is 38.5 Å². The molecule has 0 unspecified atom stereocenters. The van der Waals surface area contributed by atoms with E-state index in [9.17, 15) is 19.8 Å². The number of ether oxygens (including phenoxy) is 2. The van der Waals surface area contributed by atoms with Gasteiger partial charge in [0.1, 0.15) is 12.2 Å². The molecule has 1 heterocycles.